The van der Waals surface area contributed by atoms with Gasteiger partial charge in [-0.25, -0.2) is 0 Å². The van der Waals surface area contributed by atoms with Crippen LogP contribution in [0.25, 0.3) is 0 Å². The zero-order valence-electron chi connectivity index (χ0n) is 13.2. The van der Waals surface area contributed by atoms with Crippen molar-refractivity contribution in [3.05, 3.63) is 12.1 Å². The molecular formula is C15H27N3O2. The minimum absolute atomic E-state index is 0.0533. The molecule has 1 rings (SSSR count). The smallest absolute Gasteiger partial charge is 0.239 e. The van der Waals surface area contributed by atoms with E-state index in [4.69, 9.17) is 15.2 Å². The molecule has 5 heteroatoms. The molecule has 0 saturated heterocycles. The Kier molecular flexibility index (Phi) is 6.58. The minimum Gasteiger partial charge on any atom is -0.473 e. The first kappa shape index (κ1) is 16.6. The number of hydrogen-bond donors (Lipinski definition) is 1. The number of hydrogen-bond acceptors (Lipinski definition) is 5. The first-order valence-corrected chi connectivity index (χ1v) is 7.11. The third-order valence-corrected chi connectivity index (χ3v) is 2.70. The van der Waals surface area contributed by atoms with Crippen LogP contribution in [0.4, 0.5) is 11.5 Å². The summed E-state index contributed by atoms with van der Waals surface area (Å²) >= 11 is 0. The molecule has 0 saturated carbocycles. The second kappa shape index (κ2) is 7.94. The largest absolute Gasteiger partial charge is 0.473 e. The normalized spacial score (nSPS) is 11.2. The number of methoxy groups -OCH3 is 1. The van der Waals surface area contributed by atoms with Gasteiger partial charge < -0.3 is 20.1 Å². The van der Waals surface area contributed by atoms with E-state index in [0.717, 1.165) is 18.9 Å². The highest BCUT2D eigenvalue weighted by atomic mass is 16.5. The topological polar surface area (TPSA) is 60.6 Å². The van der Waals surface area contributed by atoms with Crippen molar-refractivity contribution in [2.75, 3.05) is 37.4 Å². The Labute approximate surface area is 122 Å². The summed E-state index contributed by atoms with van der Waals surface area (Å²) in [6, 6.07) is 3.78. The molecule has 0 radical (unpaired) electrons. The fourth-order valence-electron chi connectivity index (χ4n) is 1.88. The Balaban J connectivity index is 2.94. The van der Waals surface area contributed by atoms with Crippen molar-refractivity contribution in [3.8, 4) is 5.88 Å². The summed E-state index contributed by atoms with van der Waals surface area (Å²) in [5, 5.41) is 0. The number of nitrogen functional groups attached to an aromatic ring is 1. The zero-order chi connectivity index (χ0) is 15.1. The molecule has 0 aromatic carbocycles. The van der Waals surface area contributed by atoms with Gasteiger partial charge in [-0.3, -0.25) is 0 Å². The molecule has 114 valence electrons. The Hall–Kier alpha value is -1.49. The summed E-state index contributed by atoms with van der Waals surface area (Å²) in [7, 11) is 1.71. The molecule has 1 heterocycles. The molecule has 2 N–H and O–H groups in total. The van der Waals surface area contributed by atoms with Crippen molar-refractivity contribution >= 4 is 11.5 Å². The highest BCUT2D eigenvalue weighted by molar-refractivity contribution is 5.54. The third-order valence-electron chi connectivity index (χ3n) is 2.70. The fraction of sp³-hybridized carbons (Fsp3) is 0.667. The van der Waals surface area contributed by atoms with Gasteiger partial charge in [0.05, 0.1) is 18.4 Å². The summed E-state index contributed by atoms with van der Waals surface area (Å²) in [5.74, 6) is 1.92. The van der Waals surface area contributed by atoms with E-state index in [0.29, 0.717) is 24.1 Å². The first-order chi connectivity index (χ1) is 9.43. The van der Waals surface area contributed by atoms with E-state index in [1.165, 1.54) is 0 Å². The molecule has 0 unspecified atom stereocenters. The van der Waals surface area contributed by atoms with E-state index >= 15 is 0 Å². The van der Waals surface area contributed by atoms with Crippen molar-refractivity contribution in [3.63, 3.8) is 0 Å². The Morgan fingerprint density at radius 3 is 2.50 bits per heavy atom. The fourth-order valence-corrected chi connectivity index (χ4v) is 1.88. The van der Waals surface area contributed by atoms with Gasteiger partial charge >= 0.3 is 0 Å². The second-order valence-corrected chi connectivity index (χ2v) is 5.56. The van der Waals surface area contributed by atoms with Crippen molar-refractivity contribution < 1.29 is 9.47 Å². The van der Waals surface area contributed by atoms with Crippen LogP contribution >= 0.6 is 0 Å². The highest BCUT2D eigenvalue weighted by Gasteiger charge is 2.13. The lowest BCUT2D eigenvalue weighted by atomic mass is 10.2. The maximum Gasteiger partial charge on any atom is 0.239 e. The molecule has 0 atom stereocenters. The Morgan fingerprint density at radius 2 is 1.95 bits per heavy atom. The molecule has 0 spiro atoms. The minimum atomic E-state index is 0.0533. The molecule has 20 heavy (non-hydrogen) atoms. The predicted molar refractivity (Wildman–Crippen MR) is 83.3 cm³/mol. The van der Waals surface area contributed by atoms with Crippen LogP contribution in [0.1, 0.15) is 27.7 Å². The molecule has 0 bridgehead atoms. The molecular weight excluding hydrogens is 254 g/mol. The van der Waals surface area contributed by atoms with Gasteiger partial charge in [0.1, 0.15) is 5.82 Å². The van der Waals surface area contributed by atoms with Crippen LogP contribution in [-0.4, -0.2) is 37.9 Å². The van der Waals surface area contributed by atoms with Gasteiger partial charge in [-0.2, -0.15) is 4.98 Å². The summed E-state index contributed by atoms with van der Waals surface area (Å²) in [4.78, 5) is 6.74. The van der Waals surface area contributed by atoms with Gasteiger partial charge in [0, 0.05) is 20.2 Å². The SMILES string of the molecule is COCCN(CC(C)C)c1ccc(N)c(OC(C)C)n1. The van der Waals surface area contributed by atoms with Gasteiger partial charge in [-0.05, 0) is 31.9 Å². The van der Waals surface area contributed by atoms with Gasteiger partial charge in [0.2, 0.25) is 5.88 Å². The quantitative estimate of drug-likeness (QED) is 0.793. The predicted octanol–water partition coefficient (Wildman–Crippen LogP) is 2.56. The molecule has 0 aliphatic carbocycles. The molecule has 5 nitrogen and oxygen atoms in total. The van der Waals surface area contributed by atoms with Gasteiger partial charge in [-0.15, -0.1) is 0 Å². The lowest BCUT2D eigenvalue weighted by Gasteiger charge is -2.26. The van der Waals surface area contributed by atoms with Gasteiger partial charge in [-0.1, -0.05) is 13.8 Å². The molecule has 0 aliphatic rings. The first-order valence-electron chi connectivity index (χ1n) is 7.11. The van der Waals surface area contributed by atoms with E-state index in [9.17, 15) is 0 Å². The highest BCUT2D eigenvalue weighted by Crippen LogP contribution is 2.24. The van der Waals surface area contributed by atoms with E-state index in [-0.39, 0.29) is 6.10 Å². The van der Waals surface area contributed by atoms with Crippen LogP contribution in [0.5, 0.6) is 5.88 Å². The molecule has 1 aromatic rings. The van der Waals surface area contributed by atoms with Crippen LogP contribution in [0, 0.1) is 5.92 Å². The average molecular weight is 281 g/mol. The van der Waals surface area contributed by atoms with Crippen LogP contribution in [0.15, 0.2) is 12.1 Å². The lowest BCUT2D eigenvalue weighted by molar-refractivity contribution is 0.204. The molecule has 0 fully saturated rings. The number of aromatic nitrogens is 1. The van der Waals surface area contributed by atoms with Crippen molar-refractivity contribution in [1.29, 1.82) is 0 Å². The molecule has 0 aliphatic heterocycles. The zero-order valence-corrected chi connectivity index (χ0v) is 13.2. The summed E-state index contributed by atoms with van der Waals surface area (Å²) in [5.41, 5.74) is 6.48. The number of anilines is 2. The van der Waals surface area contributed by atoms with Crippen molar-refractivity contribution in [2.45, 2.75) is 33.8 Å². The van der Waals surface area contributed by atoms with Crippen LogP contribution in [-0.2, 0) is 4.74 Å². The van der Waals surface area contributed by atoms with Crippen molar-refractivity contribution in [2.24, 2.45) is 5.92 Å². The monoisotopic (exact) mass is 281 g/mol. The van der Waals surface area contributed by atoms with Gasteiger partial charge in [0.25, 0.3) is 0 Å². The number of rotatable bonds is 8. The second-order valence-electron chi connectivity index (χ2n) is 5.56. The van der Waals surface area contributed by atoms with E-state index < -0.39 is 0 Å². The molecule has 0 amide bonds. The van der Waals surface area contributed by atoms with E-state index in [1.54, 1.807) is 7.11 Å². The number of ether oxygens (including phenoxy) is 2. The van der Waals surface area contributed by atoms with Gasteiger partial charge in [0.15, 0.2) is 0 Å². The Bertz CT molecular complexity index is 408. The number of pyridine rings is 1. The van der Waals surface area contributed by atoms with Crippen LogP contribution in [0.2, 0.25) is 0 Å². The van der Waals surface area contributed by atoms with Crippen molar-refractivity contribution in [1.82, 2.24) is 4.98 Å². The average Bonchev–Trinajstić information content (AvgIpc) is 2.36. The van der Waals surface area contributed by atoms with Crippen LogP contribution in [0.3, 0.4) is 0 Å². The lowest BCUT2D eigenvalue weighted by Crippen LogP contribution is -2.31. The maximum absolute atomic E-state index is 5.91. The van der Waals surface area contributed by atoms with E-state index in [1.807, 2.05) is 26.0 Å². The number of nitrogens with two attached hydrogens (primary N) is 1. The number of nitrogens with zero attached hydrogens (tertiary/aromatic N) is 2. The Morgan fingerprint density at radius 1 is 1.25 bits per heavy atom. The standard InChI is InChI=1S/C15H27N3O2/c1-11(2)10-18(8-9-19-5)14-7-6-13(16)15(17-14)20-12(3)4/h6-7,11-12H,8-10,16H2,1-5H3. The maximum atomic E-state index is 5.91. The molecule has 1 aromatic heterocycles. The third kappa shape index (κ3) is 5.25. The van der Waals surface area contributed by atoms with Crippen LogP contribution < -0.4 is 15.4 Å². The summed E-state index contributed by atoms with van der Waals surface area (Å²) in [6.45, 7) is 10.7. The summed E-state index contributed by atoms with van der Waals surface area (Å²) in [6.07, 6.45) is 0.0533. The van der Waals surface area contributed by atoms with E-state index in [2.05, 4.69) is 23.7 Å². The summed E-state index contributed by atoms with van der Waals surface area (Å²) < 4.78 is 10.8.